The first-order valence-electron chi connectivity index (χ1n) is 10.6. The van der Waals surface area contributed by atoms with Crippen molar-refractivity contribution in [3.05, 3.63) is 150 Å². The number of hydrazine groups is 1. The molecule has 5 aromatic rings. The van der Waals surface area contributed by atoms with Gasteiger partial charge >= 0.3 is 0 Å². The topological polar surface area (TPSA) is 24.1 Å². The Kier molecular flexibility index (Phi) is 5.22. The van der Waals surface area contributed by atoms with Gasteiger partial charge in [0.25, 0.3) is 0 Å². The smallest absolute Gasteiger partial charge is 0.112 e. The number of nitrogens with one attached hydrogen (secondary N) is 2. The van der Waals surface area contributed by atoms with Crippen molar-refractivity contribution in [3.63, 3.8) is 0 Å². The molecule has 0 spiro atoms. The first-order chi connectivity index (χ1) is 15.4. The molecular weight excluding hydrogens is 376 g/mol. The van der Waals surface area contributed by atoms with Gasteiger partial charge in [-0.3, -0.25) is 0 Å². The summed E-state index contributed by atoms with van der Waals surface area (Å²) < 4.78 is 0. The van der Waals surface area contributed by atoms with E-state index >= 15 is 0 Å². The maximum atomic E-state index is 3.74. The summed E-state index contributed by atoms with van der Waals surface area (Å²) in [6.45, 7) is 0. The number of anilines is 1. The molecule has 0 amide bonds. The summed E-state index contributed by atoms with van der Waals surface area (Å²) in [5.74, 6) is 0. The van der Waals surface area contributed by atoms with Crippen molar-refractivity contribution < 1.29 is 0 Å². The highest BCUT2D eigenvalue weighted by molar-refractivity contribution is 5.93. The van der Waals surface area contributed by atoms with Crippen LogP contribution in [0, 0.1) is 0 Å². The van der Waals surface area contributed by atoms with Gasteiger partial charge in [-0.2, -0.15) is 0 Å². The van der Waals surface area contributed by atoms with Crippen LogP contribution in [0.25, 0.3) is 10.8 Å². The average molecular weight is 401 g/mol. The fraction of sp³-hybridized carbons (Fsp3) is 0.0345. The van der Waals surface area contributed by atoms with Gasteiger partial charge in [0.15, 0.2) is 0 Å². The van der Waals surface area contributed by atoms with Crippen molar-refractivity contribution in [1.29, 1.82) is 0 Å². The second kappa shape index (κ2) is 8.47. The lowest BCUT2D eigenvalue weighted by molar-refractivity contribution is 0.521. The Morgan fingerprint density at radius 2 is 0.871 bits per heavy atom. The Hall–Kier alpha value is -3.88. The lowest BCUT2D eigenvalue weighted by atomic mass is 9.77. The molecule has 2 N–H and O–H groups in total. The maximum absolute atomic E-state index is 3.74. The molecule has 0 radical (unpaired) electrons. The van der Waals surface area contributed by atoms with E-state index in [0.717, 1.165) is 5.69 Å². The lowest BCUT2D eigenvalue weighted by Crippen LogP contribution is -2.47. The third-order valence-corrected chi connectivity index (χ3v) is 5.79. The summed E-state index contributed by atoms with van der Waals surface area (Å²) in [4.78, 5) is 0. The minimum absolute atomic E-state index is 0.569. The van der Waals surface area contributed by atoms with Crippen LogP contribution in [0.3, 0.4) is 0 Å². The van der Waals surface area contributed by atoms with Gasteiger partial charge in [0.05, 0.1) is 5.69 Å². The predicted octanol–water partition coefficient (Wildman–Crippen LogP) is 6.75. The van der Waals surface area contributed by atoms with Crippen molar-refractivity contribution in [2.45, 2.75) is 5.54 Å². The second-order valence-electron chi connectivity index (χ2n) is 7.62. The standard InChI is InChI=1S/C29H24N2/c1-4-15-24(16-5-1)29(25-17-6-2-7-18-25,26-19-8-3-9-20-26)31-30-28-22-12-14-23-13-10-11-21-27(23)28/h1-22,30-31H. The molecule has 5 rings (SSSR count). The van der Waals surface area contributed by atoms with Crippen LogP contribution in [0.1, 0.15) is 16.7 Å². The SMILES string of the molecule is c1ccc(C(NNc2cccc3ccccc23)(c2ccccc2)c2ccccc2)cc1. The van der Waals surface area contributed by atoms with Crippen LogP contribution in [0.4, 0.5) is 5.69 Å². The lowest BCUT2D eigenvalue weighted by Gasteiger charge is -2.37. The van der Waals surface area contributed by atoms with E-state index in [2.05, 4.69) is 144 Å². The molecular formula is C29H24N2. The second-order valence-corrected chi connectivity index (χ2v) is 7.62. The normalized spacial score (nSPS) is 11.4. The number of rotatable bonds is 6. The predicted molar refractivity (Wildman–Crippen MR) is 130 cm³/mol. The fourth-order valence-corrected chi connectivity index (χ4v) is 4.28. The highest BCUT2D eigenvalue weighted by Crippen LogP contribution is 2.37. The maximum Gasteiger partial charge on any atom is 0.112 e. The molecule has 0 atom stereocenters. The molecule has 0 aliphatic rings. The van der Waals surface area contributed by atoms with Gasteiger partial charge in [0.1, 0.15) is 5.54 Å². The Morgan fingerprint density at radius 3 is 1.42 bits per heavy atom. The van der Waals surface area contributed by atoms with Gasteiger partial charge in [-0.1, -0.05) is 127 Å². The van der Waals surface area contributed by atoms with Crippen molar-refractivity contribution in [1.82, 2.24) is 5.43 Å². The van der Waals surface area contributed by atoms with Crippen LogP contribution in [-0.4, -0.2) is 0 Å². The zero-order chi connectivity index (χ0) is 20.9. The van der Waals surface area contributed by atoms with E-state index < -0.39 is 5.54 Å². The molecule has 2 heteroatoms. The van der Waals surface area contributed by atoms with Gasteiger partial charge in [-0.25, -0.2) is 5.43 Å². The summed E-state index contributed by atoms with van der Waals surface area (Å²) in [6, 6.07) is 46.6. The first-order valence-corrected chi connectivity index (χ1v) is 10.6. The zero-order valence-corrected chi connectivity index (χ0v) is 17.2. The quantitative estimate of drug-likeness (QED) is 0.243. The van der Waals surface area contributed by atoms with Gasteiger partial charge in [0.2, 0.25) is 0 Å². The summed E-state index contributed by atoms with van der Waals surface area (Å²) in [7, 11) is 0. The monoisotopic (exact) mass is 400 g/mol. The molecule has 2 nitrogen and oxygen atoms in total. The molecule has 150 valence electrons. The molecule has 0 bridgehead atoms. The molecule has 0 unspecified atom stereocenters. The molecule has 31 heavy (non-hydrogen) atoms. The highest BCUT2D eigenvalue weighted by Gasteiger charge is 2.36. The third kappa shape index (κ3) is 3.58. The van der Waals surface area contributed by atoms with E-state index in [9.17, 15) is 0 Å². The van der Waals surface area contributed by atoms with Crippen LogP contribution >= 0.6 is 0 Å². The fourth-order valence-electron chi connectivity index (χ4n) is 4.28. The number of benzene rings is 5. The molecule has 0 fully saturated rings. The van der Waals surface area contributed by atoms with E-state index in [0.29, 0.717) is 0 Å². The van der Waals surface area contributed by atoms with Gasteiger partial charge < -0.3 is 5.43 Å². The van der Waals surface area contributed by atoms with E-state index in [1.165, 1.54) is 27.5 Å². The minimum atomic E-state index is -0.569. The summed E-state index contributed by atoms with van der Waals surface area (Å²) in [5.41, 5.74) is 11.3. The average Bonchev–Trinajstić information content (AvgIpc) is 2.86. The highest BCUT2D eigenvalue weighted by atomic mass is 15.4. The molecule has 5 aromatic carbocycles. The van der Waals surface area contributed by atoms with E-state index in [4.69, 9.17) is 0 Å². The van der Waals surface area contributed by atoms with E-state index in [1.807, 2.05) is 0 Å². The Balaban J connectivity index is 1.68. The summed E-state index contributed by atoms with van der Waals surface area (Å²) in [6.07, 6.45) is 0. The summed E-state index contributed by atoms with van der Waals surface area (Å²) >= 11 is 0. The molecule has 0 saturated heterocycles. The van der Waals surface area contributed by atoms with Crippen LogP contribution < -0.4 is 10.9 Å². The Bertz CT molecular complexity index is 1160. The van der Waals surface area contributed by atoms with Gasteiger partial charge in [0, 0.05) is 5.39 Å². The van der Waals surface area contributed by atoms with Crippen molar-refractivity contribution in [3.8, 4) is 0 Å². The van der Waals surface area contributed by atoms with Crippen LogP contribution in [0.2, 0.25) is 0 Å². The number of hydrogen-bond acceptors (Lipinski definition) is 2. The summed E-state index contributed by atoms with van der Waals surface area (Å²) in [5, 5.41) is 2.39. The molecule has 0 aliphatic carbocycles. The van der Waals surface area contributed by atoms with Gasteiger partial charge in [-0.15, -0.1) is 0 Å². The molecule has 0 saturated carbocycles. The van der Waals surface area contributed by atoms with E-state index in [-0.39, 0.29) is 0 Å². The minimum Gasteiger partial charge on any atom is -0.319 e. The van der Waals surface area contributed by atoms with Crippen LogP contribution in [0.15, 0.2) is 133 Å². The first kappa shape index (κ1) is 19.1. The number of fused-ring (bicyclic) bond motifs is 1. The van der Waals surface area contributed by atoms with Crippen molar-refractivity contribution in [2.75, 3.05) is 5.43 Å². The van der Waals surface area contributed by atoms with Crippen molar-refractivity contribution >= 4 is 16.5 Å². The molecule has 0 aromatic heterocycles. The zero-order valence-electron chi connectivity index (χ0n) is 17.2. The van der Waals surface area contributed by atoms with Gasteiger partial charge in [-0.05, 0) is 28.1 Å². The van der Waals surface area contributed by atoms with Crippen molar-refractivity contribution in [2.24, 2.45) is 0 Å². The molecule has 0 heterocycles. The van der Waals surface area contributed by atoms with Crippen LogP contribution in [0.5, 0.6) is 0 Å². The largest absolute Gasteiger partial charge is 0.319 e. The Morgan fingerprint density at radius 1 is 0.419 bits per heavy atom. The number of hydrogen-bond donors (Lipinski definition) is 2. The molecule has 0 aliphatic heterocycles. The Labute approximate surface area is 183 Å². The van der Waals surface area contributed by atoms with E-state index in [1.54, 1.807) is 0 Å². The third-order valence-electron chi connectivity index (χ3n) is 5.79. The van der Waals surface area contributed by atoms with Crippen LogP contribution in [-0.2, 0) is 5.54 Å².